The van der Waals surface area contributed by atoms with Crippen LogP contribution in [0.3, 0.4) is 0 Å². The van der Waals surface area contributed by atoms with Crippen molar-refractivity contribution < 1.29 is 9.53 Å². The van der Waals surface area contributed by atoms with E-state index in [1.54, 1.807) is 18.2 Å². The Morgan fingerprint density at radius 2 is 2.12 bits per heavy atom. The van der Waals surface area contributed by atoms with Gasteiger partial charge in [0.15, 0.2) is 5.78 Å². The van der Waals surface area contributed by atoms with Gasteiger partial charge in [-0.25, -0.2) is 0 Å². The van der Waals surface area contributed by atoms with Crippen LogP contribution in [-0.4, -0.2) is 12.9 Å². The van der Waals surface area contributed by atoms with Crippen molar-refractivity contribution in [1.82, 2.24) is 0 Å². The second-order valence-corrected chi connectivity index (χ2v) is 3.29. The predicted octanol–water partition coefficient (Wildman–Crippen LogP) is 2.06. The molecule has 1 aromatic rings. The summed E-state index contributed by atoms with van der Waals surface area (Å²) in [5.41, 5.74) is 1.10. The van der Waals surface area contributed by atoms with Crippen LogP contribution in [0.15, 0.2) is 23.8 Å². The first kappa shape index (κ1) is 12.5. The maximum absolute atomic E-state index is 11.1. The number of hydrogen-bond donors (Lipinski definition) is 0. The minimum Gasteiger partial charge on any atom is -0.496 e. The maximum atomic E-state index is 11.1. The fourth-order valence-electron chi connectivity index (χ4n) is 1.27. The molecule has 0 fully saturated rings. The highest BCUT2D eigenvalue weighted by Gasteiger charge is 2.06. The molecule has 0 aliphatic carbocycles. The Balaban J connectivity index is 3.29. The van der Waals surface area contributed by atoms with Crippen molar-refractivity contribution >= 4 is 11.9 Å². The number of nitriles is 2. The van der Waals surface area contributed by atoms with Crippen molar-refractivity contribution in [1.29, 1.82) is 10.5 Å². The Bertz CT molecular complexity index is 560. The second-order valence-electron chi connectivity index (χ2n) is 3.29. The molecule has 0 atom stereocenters. The lowest BCUT2D eigenvalue weighted by molar-refractivity contribution is -0.113. The lowest BCUT2D eigenvalue weighted by atomic mass is 10.1. The minimum atomic E-state index is -0.307. The number of carbonyl (C=O) groups excluding carboxylic acids is 1. The van der Waals surface area contributed by atoms with Crippen LogP contribution in [0.2, 0.25) is 0 Å². The topological polar surface area (TPSA) is 73.9 Å². The molecule has 0 saturated carbocycles. The number of hydrogen-bond acceptors (Lipinski definition) is 4. The van der Waals surface area contributed by atoms with Gasteiger partial charge in [-0.2, -0.15) is 10.5 Å². The molecule has 0 amide bonds. The van der Waals surface area contributed by atoms with Gasteiger partial charge in [-0.05, 0) is 31.2 Å². The summed E-state index contributed by atoms with van der Waals surface area (Å²) in [7, 11) is 1.47. The van der Waals surface area contributed by atoms with Crippen LogP contribution in [0.1, 0.15) is 18.1 Å². The molecule has 0 heterocycles. The van der Waals surface area contributed by atoms with Gasteiger partial charge in [-0.15, -0.1) is 0 Å². The highest BCUT2D eigenvalue weighted by molar-refractivity contribution is 6.01. The number of methoxy groups -OCH3 is 1. The molecular weight excluding hydrogens is 216 g/mol. The van der Waals surface area contributed by atoms with Crippen LogP contribution in [-0.2, 0) is 4.79 Å². The van der Waals surface area contributed by atoms with Crippen molar-refractivity contribution in [2.24, 2.45) is 0 Å². The summed E-state index contributed by atoms with van der Waals surface area (Å²) in [5.74, 6) is 0.150. The number of ketones is 1. The summed E-state index contributed by atoms with van der Waals surface area (Å²) in [5, 5.41) is 17.5. The molecular formula is C13H10N2O2. The van der Waals surface area contributed by atoms with Crippen molar-refractivity contribution in [3.05, 3.63) is 34.9 Å². The summed E-state index contributed by atoms with van der Waals surface area (Å²) in [6.07, 6.45) is 1.45. The predicted molar refractivity (Wildman–Crippen MR) is 62.0 cm³/mol. The van der Waals surface area contributed by atoms with E-state index in [0.717, 1.165) is 0 Å². The number of Topliss-reactive ketones (excluding diaryl/α,β-unsaturated/α-hetero) is 1. The zero-order chi connectivity index (χ0) is 12.8. The van der Waals surface area contributed by atoms with E-state index >= 15 is 0 Å². The number of allylic oxidation sites excluding steroid dienone is 1. The lowest BCUT2D eigenvalue weighted by Gasteiger charge is -2.05. The first-order chi connectivity index (χ1) is 8.12. The van der Waals surface area contributed by atoms with E-state index in [1.165, 1.54) is 20.1 Å². The van der Waals surface area contributed by atoms with Crippen molar-refractivity contribution in [3.63, 3.8) is 0 Å². The molecule has 0 radical (unpaired) electrons. The molecule has 0 aliphatic rings. The van der Waals surface area contributed by atoms with E-state index in [0.29, 0.717) is 16.9 Å². The van der Waals surface area contributed by atoms with Crippen molar-refractivity contribution in [3.8, 4) is 17.9 Å². The van der Waals surface area contributed by atoms with Crippen LogP contribution in [0.25, 0.3) is 6.08 Å². The lowest BCUT2D eigenvalue weighted by Crippen LogP contribution is -1.95. The van der Waals surface area contributed by atoms with Gasteiger partial charge < -0.3 is 4.74 Å². The van der Waals surface area contributed by atoms with Gasteiger partial charge in [0.25, 0.3) is 0 Å². The third kappa shape index (κ3) is 2.93. The van der Waals surface area contributed by atoms with E-state index in [4.69, 9.17) is 15.3 Å². The molecule has 17 heavy (non-hydrogen) atoms. The smallest absolute Gasteiger partial charge is 0.170 e. The molecule has 0 saturated heterocycles. The van der Waals surface area contributed by atoms with E-state index in [2.05, 4.69) is 0 Å². The van der Waals surface area contributed by atoms with Gasteiger partial charge in [-0.1, -0.05) is 0 Å². The number of rotatable bonds is 3. The number of benzene rings is 1. The fraction of sp³-hybridized carbons (Fsp3) is 0.154. The summed E-state index contributed by atoms with van der Waals surface area (Å²) in [4.78, 5) is 11.1. The molecule has 0 spiro atoms. The highest BCUT2D eigenvalue weighted by Crippen LogP contribution is 2.22. The average molecular weight is 226 g/mol. The molecule has 0 bridgehead atoms. The SMILES string of the molecule is COc1cc(C#N)ccc1C=C(C#N)C(C)=O. The minimum absolute atomic E-state index is 0.0491. The van der Waals surface area contributed by atoms with Gasteiger partial charge in [-0.3, -0.25) is 4.79 Å². The molecule has 0 aliphatic heterocycles. The van der Waals surface area contributed by atoms with Gasteiger partial charge >= 0.3 is 0 Å². The summed E-state index contributed by atoms with van der Waals surface area (Å²) < 4.78 is 5.10. The summed E-state index contributed by atoms with van der Waals surface area (Å²) in [6, 6.07) is 8.60. The normalized spacial score (nSPS) is 10.2. The molecule has 0 N–H and O–H groups in total. The Kier molecular flexibility index (Phi) is 4.02. The largest absolute Gasteiger partial charge is 0.496 e. The van der Waals surface area contributed by atoms with Crippen LogP contribution >= 0.6 is 0 Å². The zero-order valence-corrected chi connectivity index (χ0v) is 9.52. The summed E-state index contributed by atoms with van der Waals surface area (Å²) >= 11 is 0. The third-order valence-corrected chi connectivity index (χ3v) is 2.16. The van der Waals surface area contributed by atoms with Crippen LogP contribution in [0, 0.1) is 22.7 Å². The monoisotopic (exact) mass is 226 g/mol. The molecule has 1 aromatic carbocycles. The average Bonchev–Trinajstić information content (AvgIpc) is 2.35. The Morgan fingerprint density at radius 3 is 2.59 bits per heavy atom. The molecule has 4 nitrogen and oxygen atoms in total. The van der Waals surface area contributed by atoms with E-state index in [1.807, 2.05) is 12.1 Å². The van der Waals surface area contributed by atoms with Crippen molar-refractivity contribution in [2.75, 3.05) is 7.11 Å². The van der Waals surface area contributed by atoms with E-state index < -0.39 is 0 Å². The molecule has 1 rings (SSSR count). The van der Waals surface area contributed by atoms with E-state index in [-0.39, 0.29) is 11.4 Å². The highest BCUT2D eigenvalue weighted by atomic mass is 16.5. The quantitative estimate of drug-likeness (QED) is 0.584. The number of ether oxygens (including phenoxy) is 1. The Hall–Kier alpha value is -2.59. The van der Waals surface area contributed by atoms with Crippen LogP contribution < -0.4 is 4.74 Å². The van der Waals surface area contributed by atoms with Crippen LogP contribution in [0.5, 0.6) is 5.75 Å². The maximum Gasteiger partial charge on any atom is 0.170 e. The van der Waals surface area contributed by atoms with Gasteiger partial charge in [0.2, 0.25) is 0 Å². The fourth-order valence-corrected chi connectivity index (χ4v) is 1.27. The number of nitrogens with zero attached hydrogens (tertiary/aromatic N) is 2. The van der Waals surface area contributed by atoms with Gasteiger partial charge in [0.1, 0.15) is 11.8 Å². The zero-order valence-electron chi connectivity index (χ0n) is 9.52. The molecule has 0 aromatic heterocycles. The molecule has 84 valence electrons. The second kappa shape index (κ2) is 5.48. The first-order valence-electron chi connectivity index (χ1n) is 4.83. The van der Waals surface area contributed by atoms with Crippen molar-refractivity contribution in [2.45, 2.75) is 6.92 Å². The standard InChI is InChI=1S/C13H10N2O2/c1-9(16)12(8-15)6-11-4-3-10(7-14)5-13(11)17-2/h3-6H,1-2H3. The first-order valence-corrected chi connectivity index (χ1v) is 4.83. The number of carbonyl (C=O) groups is 1. The summed E-state index contributed by atoms with van der Waals surface area (Å²) in [6.45, 7) is 1.32. The Labute approximate surface area is 99.4 Å². The Morgan fingerprint density at radius 1 is 1.41 bits per heavy atom. The van der Waals surface area contributed by atoms with Gasteiger partial charge in [0, 0.05) is 5.56 Å². The molecule has 0 unspecified atom stereocenters. The third-order valence-electron chi connectivity index (χ3n) is 2.16. The van der Waals surface area contributed by atoms with E-state index in [9.17, 15) is 4.79 Å². The van der Waals surface area contributed by atoms with Gasteiger partial charge in [0.05, 0.1) is 24.3 Å². The molecule has 4 heteroatoms. The van der Waals surface area contributed by atoms with Crippen LogP contribution in [0.4, 0.5) is 0 Å².